The molecule has 176 valence electrons. The molecule has 0 aliphatic heterocycles. The summed E-state index contributed by atoms with van der Waals surface area (Å²) in [6, 6.07) is 0. The van der Waals surface area contributed by atoms with E-state index >= 15 is 0 Å². The Kier molecular flexibility index (Phi) is 26.6. The van der Waals surface area contributed by atoms with E-state index in [2.05, 4.69) is 13.8 Å². The third kappa shape index (κ3) is 21.4. The zero-order valence-electron chi connectivity index (χ0n) is 20.4. The Labute approximate surface area is 230 Å². The molecule has 0 heterocycles. The molecule has 0 saturated heterocycles. The van der Waals surface area contributed by atoms with Gasteiger partial charge in [0.25, 0.3) is 0 Å². The molecule has 0 radical (unpaired) electrons. The molecule has 6 heteroatoms. The fourth-order valence-electron chi connectivity index (χ4n) is 4.04. The quantitative estimate of drug-likeness (QED) is 0.146. The van der Waals surface area contributed by atoms with Crippen LogP contribution in [0.15, 0.2) is 0 Å². The van der Waals surface area contributed by atoms with Gasteiger partial charge in [0.1, 0.15) is 10.1 Å². The number of unbranched alkanes of at least 4 members (excludes halogenated alkanes) is 16. The first-order chi connectivity index (χ1) is 13.9. The molecule has 1 N–H and O–H groups in total. The molecule has 0 aliphatic carbocycles. The Balaban J connectivity index is 0. The van der Waals surface area contributed by atoms with Gasteiger partial charge >= 0.3 is 51.4 Å². The van der Waals surface area contributed by atoms with Crippen LogP contribution in [0.1, 0.15) is 142 Å². The zero-order chi connectivity index (χ0) is 21.8. The normalized spacial score (nSPS) is 13.7. The second kappa shape index (κ2) is 23.7. The van der Waals surface area contributed by atoms with Crippen LogP contribution in [0.25, 0.3) is 0 Å². The molecule has 4 nitrogen and oxygen atoms in total. The molecule has 0 rings (SSSR count). The summed E-state index contributed by atoms with van der Waals surface area (Å²) in [5, 5.41) is 9.16. The molecule has 0 bridgehead atoms. The molecule has 0 fully saturated rings. The first-order valence-corrected chi connectivity index (χ1v) is 14.0. The fourth-order valence-corrected chi connectivity index (χ4v) is 5.01. The molecule has 0 aromatic heterocycles. The van der Waals surface area contributed by atoms with Gasteiger partial charge in [-0.1, -0.05) is 129 Å². The second-order valence-corrected chi connectivity index (χ2v) is 10.4. The van der Waals surface area contributed by atoms with Crippen molar-refractivity contribution in [3.8, 4) is 0 Å². The largest absolute Gasteiger partial charge is 1.00 e. The molecule has 2 atom stereocenters. The maximum absolute atomic E-state index is 11.6. The SMILES string of the molecule is CCCCCCCCCCCCCC(O)C(CCCCCCCCC)S(=O)(=O)[O-].[K+]. The molecular weight excluding hydrogens is 423 g/mol. The van der Waals surface area contributed by atoms with Crippen molar-refractivity contribution in [2.45, 2.75) is 154 Å². The molecule has 2 unspecified atom stereocenters. The van der Waals surface area contributed by atoms with E-state index in [0.717, 1.165) is 32.1 Å². The van der Waals surface area contributed by atoms with E-state index in [-0.39, 0.29) is 51.4 Å². The minimum atomic E-state index is -4.43. The number of aliphatic hydroxyl groups excluding tert-OH is 1. The average Bonchev–Trinajstić information content (AvgIpc) is 2.67. The maximum Gasteiger partial charge on any atom is 1.00 e. The van der Waals surface area contributed by atoms with Crippen molar-refractivity contribution in [1.82, 2.24) is 0 Å². The Morgan fingerprint density at radius 2 is 0.900 bits per heavy atom. The summed E-state index contributed by atoms with van der Waals surface area (Å²) in [5.41, 5.74) is 0. The van der Waals surface area contributed by atoms with Gasteiger partial charge in [0.2, 0.25) is 0 Å². The minimum absolute atomic E-state index is 0. The summed E-state index contributed by atoms with van der Waals surface area (Å²) in [6.45, 7) is 4.42. The molecule has 0 spiro atoms. The third-order valence-corrected chi connectivity index (χ3v) is 7.29. The molecule has 0 saturated carbocycles. The standard InChI is InChI=1S/C24H50O4S.K/c1-3-5-7-9-11-12-13-14-16-17-19-21-23(25)24(29(26,27)28)22-20-18-15-10-8-6-4-2;/h23-25H,3-22H2,1-2H3,(H,26,27,28);/q;+1/p-1. The predicted octanol–water partition coefficient (Wildman–Crippen LogP) is 4.11. The Morgan fingerprint density at radius 1 is 0.600 bits per heavy atom. The van der Waals surface area contributed by atoms with Crippen LogP contribution in [0.4, 0.5) is 0 Å². The van der Waals surface area contributed by atoms with Crippen LogP contribution < -0.4 is 51.4 Å². The van der Waals surface area contributed by atoms with Crippen LogP contribution in [-0.4, -0.2) is 29.4 Å². The van der Waals surface area contributed by atoms with E-state index in [9.17, 15) is 18.1 Å². The maximum atomic E-state index is 11.6. The molecule has 30 heavy (non-hydrogen) atoms. The first-order valence-electron chi connectivity index (χ1n) is 12.6. The topological polar surface area (TPSA) is 77.4 Å². The van der Waals surface area contributed by atoms with Crippen LogP contribution in [0.3, 0.4) is 0 Å². The average molecular weight is 473 g/mol. The van der Waals surface area contributed by atoms with E-state index < -0.39 is 21.5 Å². The summed E-state index contributed by atoms with van der Waals surface area (Å²) in [6.07, 6.45) is 20.7. The van der Waals surface area contributed by atoms with E-state index in [1.807, 2.05) is 0 Å². The van der Waals surface area contributed by atoms with Crippen LogP contribution in [0.2, 0.25) is 0 Å². The van der Waals surface area contributed by atoms with Crippen molar-refractivity contribution in [3.05, 3.63) is 0 Å². The van der Waals surface area contributed by atoms with E-state index in [4.69, 9.17) is 0 Å². The number of hydrogen-bond donors (Lipinski definition) is 1. The van der Waals surface area contributed by atoms with Gasteiger partial charge in [-0.05, 0) is 12.8 Å². The molecule has 0 amide bonds. The van der Waals surface area contributed by atoms with Crippen molar-refractivity contribution in [2.75, 3.05) is 0 Å². The van der Waals surface area contributed by atoms with Gasteiger partial charge in [-0.25, -0.2) is 8.42 Å². The van der Waals surface area contributed by atoms with Gasteiger partial charge in [-0.2, -0.15) is 0 Å². The van der Waals surface area contributed by atoms with Gasteiger partial charge in [-0.15, -0.1) is 0 Å². The number of hydrogen-bond acceptors (Lipinski definition) is 4. The van der Waals surface area contributed by atoms with E-state index in [0.29, 0.717) is 19.3 Å². The molecule has 0 aromatic carbocycles. The van der Waals surface area contributed by atoms with Gasteiger partial charge in [-0.3, -0.25) is 0 Å². The van der Waals surface area contributed by atoms with Crippen molar-refractivity contribution in [1.29, 1.82) is 0 Å². The summed E-state index contributed by atoms with van der Waals surface area (Å²) in [4.78, 5) is 0. The van der Waals surface area contributed by atoms with Crippen molar-refractivity contribution in [3.63, 3.8) is 0 Å². The van der Waals surface area contributed by atoms with Crippen LogP contribution in [0, 0.1) is 0 Å². The monoisotopic (exact) mass is 472 g/mol. The van der Waals surface area contributed by atoms with Crippen molar-refractivity contribution < 1.29 is 69.5 Å². The number of aliphatic hydroxyl groups is 1. The predicted molar refractivity (Wildman–Crippen MR) is 123 cm³/mol. The van der Waals surface area contributed by atoms with Crippen molar-refractivity contribution >= 4 is 10.1 Å². The fraction of sp³-hybridized carbons (Fsp3) is 1.00. The number of rotatable bonds is 22. The summed E-state index contributed by atoms with van der Waals surface area (Å²) < 4.78 is 34.7. The summed E-state index contributed by atoms with van der Waals surface area (Å²) >= 11 is 0. The van der Waals surface area contributed by atoms with Gasteiger partial charge in [0.05, 0.1) is 11.4 Å². The van der Waals surface area contributed by atoms with Crippen LogP contribution in [0.5, 0.6) is 0 Å². The first kappa shape index (κ1) is 33.7. The van der Waals surface area contributed by atoms with Gasteiger partial charge < -0.3 is 9.66 Å². The zero-order valence-corrected chi connectivity index (χ0v) is 24.3. The Morgan fingerprint density at radius 3 is 1.23 bits per heavy atom. The summed E-state index contributed by atoms with van der Waals surface area (Å²) in [7, 11) is -4.43. The van der Waals surface area contributed by atoms with Gasteiger partial charge in [0.15, 0.2) is 0 Å². The Bertz CT molecular complexity index is 442. The minimum Gasteiger partial charge on any atom is -0.748 e. The molecule has 0 aliphatic rings. The van der Waals surface area contributed by atoms with E-state index in [1.165, 1.54) is 77.0 Å². The van der Waals surface area contributed by atoms with Crippen molar-refractivity contribution in [2.24, 2.45) is 0 Å². The van der Waals surface area contributed by atoms with Gasteiger partial charge in [0, 0.05) is 0 Å². The summed E-state index contributed by atoms with van der Waals surface area (Å²) in [5.74, 6) is 0. The third-order valence-electron chi connectivity index (χ3n) is 6.00. The second-order valence-electron chi connectivity index (χ2n) is 8.83. The van der Waals surface area contributed by atoms with E-state index in [1.54, 1.807) is 0 Å². The molecular formula is C24H49KO4S. The van der Waals surface area contributed by atoms with Crippen LogP contribution >= 0.6 is 0 Å². The van der Waals surface area contributed by atoms with Crippen LogP contribution in [-0.2, 0) is 10.1 Å². The molecule has 0 aromatic rings. The smallest absolute Gasteiger partial charge is 0.748 e. The Hall–Kier alpha value is 1.51.